The number of benzene rings is 2. The van der Waals surface area contributed by atoms with Crippen LogP contribution < -0.4 is 4.74 Å². The summed E-state index contributed by atoms with van der Waals surface area (Å²) in [5.41, 5.74) is 2.01. The number of nitriles is 1. The van der Waals surface area contributed by atoms with Crippen molar-refractivity contribution < 1.29 is 4.74 Å². The van der Waals surface area contributed by atoms with Gasteiger partial charge in [0.05, 0.1) is 25.5 Å². The van der Waals surface area contributed by atoms with Crippen molar-refractivity contribution in [1.29, 1.82) is 5.26 Å². The topological polar surface area (TPSA) is 33.0 Å². The average molecular weight is 246 g/mol. The van der Waals surface area contributed by atoms with E-state index in [1.165, 1.54) is 0 Å². The lowest BCUT2D eigenvalue weighted by atomic mass is 10.0. The van der Waals surface area contributed by atoms with E-state index in [1.807, 2.05) is 30.3 Å². The van der Waals surface area contributed by atoms with E-state index in [-0.39, 0.29) is 0 Å². The number of nitrogens with zero attached hydrogens (tertiary/aromatic N) is 1. The molecule has 2 nitrogen and oxygen atoms in total. The number of hydrogen-bond donors (Lipinski definition) is 0. The largest absolute Gasteiger partial charge is 0.496 e. The molecule has 2 aromatic carbocycles. The Kier molecular flexibility index (Phi) is 3.51. The molecular weight excluding hydrogens is 234 g/mol. The molecule has 0 spiro atoms. The molecule has 3 heteroatoms. The Morgan fingerprint density at radius 2 is 2.12 bits per heavy atom. The summed E-state index contributed by atoms with van der Waals surface area (Å²) in [6.45, 7) is 0. The van der Waals surface area contributed by atoms with Crippen LogP contribution in [0, 0.1) is 11.3 Å². The fourth-order valence-corrected chi connectivity index (χ4v) is 2.23. The SMILES string of the molecule is COc1ccc2cc(CC#N)ccc2c1CCl. The maximum Gasteiger partial charge on any atom is 0.123 e. The second-order valence-electron chi connectivity index (χ2n) is 3.77. The van der Waals surface area contributed by atoms with Crippen LogP contribution in [-0.4, -0.2) is 7.11 Å². The van der Waals surface area contributed by atoms with Gasteiger partial charge in [0.2, 0.25) is 0 Å². The second-order valence-corrected chi connectivity index (χ2v) is 4.04. The van der Waals surface area contributed by atoms with E-state index >= 15 is 0 Å². The lowest BCUT2D eigenvalue weighted by Crippen LogP contribution is -1.92. The van der Waals surface area contributed by atoms with E-state index < -0.39 is 0 Å². The third-order valence-electron chi connectivity index (χ3n) is 2.79. The molecular formula is C14H12ClNO. The monoisotopic (exact) mass is 245 g/mol. The Bertz CT molecular complexity index is 587. The Morgan fingerprint density at radius 1 is 1.29 bits per heavy atom. The van der Waals surface area contributed by atoms with Crippen molar-refractivity contribution in [2.75, 3.05) is 7.11 Å². The summed E-state index contributed by atoms with van der Waals surface area (Å²) in [5, 5.41) is 10.9. The number of alkyl halides is 1. The summed E-state index contributed by atoms with van der Waals surface area (Å²) >= 11 is 5.96. The van der Waals surface area contributed by atoms with Gasteiger partial charge in [-0.2, -0.15) is 5.26 Å². The Morgan fingerprint density at radius 3 is 2.76 bits per heavy atom. The van der Waals surface area contributed by atoms with E-state index in [2.05, 4.69) is 6.07 Å². The molecule has 2 rings (SSSR count). The maximum absolute atomic E-state index is 8.68. The quantitative estimate of drug-likeness (QED) is 0.774. The van der Waals surface area contributed by atoms with Crippen LogP contribution in [0.3, 0.4) is 0 Å². The van der Waals surface area contributed by atoms with Gasteiger partial charge in [-0.05, 0) is 22.4 Å². The predicted molar refractivity (Wildman–Crippen MR) is 69.4 cm³/mol. The third kappa shape index (κ3) is 2.20. The van der Waals surface area contributed by atoms with Crippen molar-refractivity contribution in [3.05, 3.63) is 41.5 Å². The molecule has 0 bridgehead atoms. The predicted octanol–water partition coefficient (Wildman–Crippen LogP) is 3.65. The highest BCUT2D eigenvalue weighted by Crippen LogP contribution is 2.30. The molecule has 0 aliphatic rings. The summed E-state index contributed by atoms with van der Waals surface area (Å²) in [7, 11) is 1.64. The summed E-state index contributed by atoms with van der Waals surface area (Å²) < 4.78 is 5.29. The molecule has 0 aliphatic carbocycles. The number of fused-ring (bicyclic) bond motifs is 1. The van der Waals surface area contributed by atoms with Crippen LogP contribution in [0.25, 0.3) is 10.8 Å². The van der Waals surface area contributed by atoms with E-state index in [4.69, 9.17) is 21.6 Å². The molecule has 0 saturated carbocycles. The molecule has 0 aromatic heterocycles. The van der Waals surface area contributed by atoms with Gasteiger partial charge in [-0.15, -0.1) is 11.6 Å². The normalized spacial score (nSPS) is 10.2. The number of hydrogen-bond acceptors (Lipinski definition) is 2. The van der Waals surface area contributed by atoms with Gasteiger partial charge in [-0.25, -0.2) is 0 Å². The first-order chi connectivity index (χ1) is 8.30. The minimum absolute atomic E-state index is 0.415. The van der Waals surface area contributed by atoms with E-state index in [0.717, 1.165) is 27.6 Å². The summed E-state index contributed by atoms with van der Waals surface area (Å²) in [5.74, 6) is 1.22. The first-order valence-electron chi connectivity index (χ1n) is 5.31. The van der Waals surface area contributed by atoms with Crippen molar-refractivity contribution in [3.8, 4) is 11.8 Å². The Labute approximate surface area is 105 Å². The smallest absolute Gasteiger partial charge is 0.123 e. The number of rotatable bonds is 3. The average Bonchev–Trinajstić information content (AvgIpc) is 2.37. The molecule has 17 heavy (non-hydrogen) atoms. The molecule has 0 amide bonds. The summed E-state index contributed by atoms with van der Waals surface area (Å²) in [6.07, 6.45) is 0.429. The molecule has 0 saturated heterocycles. The van der Waals surface area contributed by atoms with Crippen molar-refractivity contribution in [1.82, 2.24) is 0 Å². The van der Waals surface area contributed by atoms with Crippen molar-refractivity contribution in [3.63, 3.8) is 0 Å². The van der Waals surface area contributed by atoms with Crippen LogP contribution in [-0.2, 0) is 12.3 Å². The Balaban J connectivity index is 2.63. The van der Waals surface area contributed by atoms with Gasteiger partial charge in [0, 0.05) is 5.56 Å². The minimum Gasteiger partial charge on any atom is -0.496 e. The van der Waals surface area contributed by atoms with Crippen LogP contribution in [0.15, 0.2) is 30.3 Å². The van der Waals surface area contributed by atoms with Crippen LogP contribution in [0.2, 0.25) is 0 Å². The summed E-state index contributed by atoms with van der Waals surface area (Å²) in [4.78, 5) is 0. The Hall–Kier alpha value is -1.72. The molecule has 0 heterocycles. The van der Waals surface area contributed by atoms with Gasteiger partial charge >= 0.3 is 0 Å². The third-order valence-corrected chi connectivity index (χ3v) is 3.06. The van der Waals surface area contributed by atoms with Crippen molar-refractivity contribution in [2.45, 2.75) is 12.3 Å². The van der Waals surface area contributed by atoms with E-state index in [0.29, 0.717) is 12.3 Å². The van der Waals surface area contributed by atoms with Crippen molar-refractivity contribution in [2.24, 2.45) is 0 Å². The maximum atomic E-state index is 8.68. The molecule has 2 aromatic rings. The van der Waals surface area contributed by atoms with Gasteiger partial charge in [0.15, 0.2) is 0 Å². The highest BCUT2D eigenvalue weighted by Gasteiger charge is 2.07. The molecule has 86 valence electrons. The van der Waals surface area contributed by atoms with Gasteiger partial charge in [-0.3, -0.25) is 0 Å². The van der Waals surface area contributed by atoms with Gasteiger partial charge in [0.25, 0.3) is 0 Å². The molecule has 0 fully saturated rings. The van der Waals surface area contributed by atoms with Crippen LogP contribution in [0.5, 0.6) is 5.75 Å². The zero-order valence-corrected chi connectivity index (χ0v) is 10.3. The van der Waals surface area contributed by atoms with Gasteiger partial charge in [0.1, 0.15) is 5.75 Å². The standard InChI is InChI=1S/C14H12ClNO/c1-17-14-5-3-11-8-10(6-7-16)2-4-12(11)13(14)9-15/h2-5,8H,6,9H2,1H3. The lowest BCUT2D eigenvalue weighted by Gasteiger charge is -2.10. The van der Waals surface area contributed by atoms with Crippen molar-refractivity contribution >= 4 is 22.4 Å². The van der Waals surface area contributed by atoms with Gasteiger partial charge in [-0.1, -0.05) is 24.3 Å². The summed E-state index contributed by atoms with van der Waals surface area (Å²) in [6, 6.07) is 12.0. The zero-order chi connectivity index (χ0) is 12.3. The van der Waals surface area contributed by atoms with E-state index in [1.54, 1.807) is 7.11 Å². The molecule has 0 atom stereocenters. The van der Waals surface area contributed by atoms with Crippen LogP contribution >= 0.6 is 11.6 Å². The highest BCUT2D eigenvalue weighted by atomic mass is 35.5. The fourth-order valence-electron chi connectivity index (χ4n) is 1.95. The molecule has 0 radical (unpaired) electrons. The highest BCUT2D eigenvalue weighted by molar-refractivity contribution is 6.18. The lowest BCUT2D eigenvalue weighted by molar-refractivity contribution is 0.412. The fraction of sp³-hybridized carbons (Fsp3) is 0.214. The van der Waals surface area contributed by atoms with Crippen LogP contribution in [0.1, 0.15) is 11.1 Å². The van der Waals surface area contributed by atoms with E-state index in [9.17, 15) is 0 Å². The number of halogens is 1. The van der Waals surface area contributed by atoms with Gasteiger partial charge < -0.3 is 4.74 Å². The molecule has 0 unspecified atom stereocenters. The minimum atomic E-state index is 0.415. The number of ether oxygens (including phenoxy) is 1. The second kappa shape index (κ2) is 5.07. The molecule has 0 N–H and O–H groups in total. The van der Waals surface area contributed by atoms with Crippen LogP contribution in [0.4, 0.5) is 0 Å². The first kappa shape index (κ1) is 11.8. The zero-order valence-electron chi connectivity index (χ0n) is 9.53. The molecule has 0 aliphatic heterocycles. The first-order valence-corrected chi connectivity index (χ1v) is 5.85. The number of methoxy groups -OCH3 is 1.